The molecule has 16 heavy (non-hydrogen) atoms. The molecule has 7 heteroatoms. The number of hydrogen-bond acceptors (Lipinski definition) is 4. The van der Waals surface area contributed by atoms with Crippen molar-refractivity contribution in [1.82, 2.24) is 9.55 Å². The van der Waals surface area contributed by atoms with Crippen LogP contribution in [0.5, 0.6) is 5.75 Å². The smallest absolute Gasteiger partial charge is 0.422 e. The van der Waals surface area contributed by atoms with E-state index in [1.807, 2.05) is 0 Å². The zero-order valence-corrected chi connectivity index (χ0v) is 7.80. The number of aromatic amines is 1. The highest BCUT2D eigenvalue weighted by Crippen LogP contribution is 2.17. The number of rotatable bonds is 0. The van der Waals surface area contributed by atoms with Gasteiger partial charge in [-0.1, -0.05) is 6.07 Å². The predicted octanol–water partition coefficient (Wildman–Crippen LogP) is -0.0785. The first-order valence-corrected chi connectivity index (χ1v) is 4.22. The van der Waals surface area contributed by atoms with Crippen LogP contribution in [0.3, 0.4) is 0 Å². The maximum absolute atomic E-state index is 11.6. The molecule has 2 rings (SSSR count). The lowest BCUT2D eigenvalue weighted by Gasteiger charge is -2.02. The van der Waals surface area contributed by atoms with Crippen LogP contribution in [-0.4, -0.2) is 25.9 Å². The molecular weight excluding hydrogens is 216 g/mol. The number of phenols is 1. The Kier molecular flexibility index (Phi) is 2.01. The molecule has 0 radical (unpaired) electrons. The van der Waals surface area contributed by atoms with Gasteiger partial charge in [-0.15, -0.1) is 0 Å². The second-order valence-corrected chi connectivity index (χ2v) is 3.05. The van der Waals surface area contributed by atoms with Crippen LogP contribution in [0.15, 0.2) is 27.8 Å². The van der Waals surface area contributed by atoms with Crippen molar-refractivity contribution >= 4 is 17.0 Å². The summed E-state index contributed by atoms with van der Waals surface area (Å²) in [7, 11) is 0. The van der Waals surface area contributed by atoms with E-state index in [2.05, 4.69) is 4.98 Å². The molecule has 1 aromatic heterocycles. The van der Waals surface area contributed by atoms with Crippen molar-refractivity contribution in [2.45, 2.75) is 0 Å². The molecule has 0 saturated heterocycles. The number of aromatic hydroxyl groups is 1. The molecule has 0 spiro atoms. The first-order valence-electron chi connectivity index (χ1n) is 4.22. The van der Waals surface area contributed by atoms with Gasteiger partial charge in [-0.05, 0) is 12.1 Å². The summed E-state index contributed by atoms with van der Waals surface area (Å²) in [5.74, 6) is -0.288. The topological polar surface area (TPSA) is 112 Å². The Hall–Kier alpha value is -2.57. The number of hydrogen-bond donors (Lipinski definition) is 3. The van der Waals surface area contributed by atoms with Gasteiger partial charge in [0.15, 0.2) is 0 Å². The molecule has 0 amide bonds. The van der Waals surface area contributed by atoms with Crippen LogP contribution in [-0.2, 0) is 0 Å². The number of fused-ring (bicyclic) bond motifs is 1. The van der Waals surface area contributed by atoms with E-state index < -0.39 is 17.3 Å². The predicted molar refractivity (Wildman–Crippen MR) is 53.9 cm³/mol. The summed E-state index contributed by atoms with van der Waals surface area (Å²) in [6.07, 6.45) is -1.67. The average molecular weight is 222 g/mol. The van der Waals surface area contributed by atoms with Crippen molar-refractivity contribution < 1.29 is 15.0 Å². The molecule has 0 bridgehead atoms. The van der Waals surface area contributed by atoms with Crippen molar-refractivity contribution in [1.29, 1.82) is 0 Å². The molecule has 1 heterocycles. The van der Waals surface area contributed by atoms with Crippen molar-refractivity contribution in [3.63, 3.8) is 0 Å². The number of nitrogens with one attached hydrogen (secondary N) is 1. The monoisotopic (exact) mass is 222 g/mol. The van der Waals surface area contributed by atoms with Crippen LogP contribution in [0.2, 0.25) is 0 Å². The van der Waals surface area contributed by atoms with E-state index >= 15 is 0 Å². The first-order chi connectivity index (χ1) is 7.52. The van der Waals surface area contributed by atoms with Gasteiger partial charge in [-0.3, -0.25) is 4.79 Å². The fourth-order valence-electron chi connectivity index (χ4n) is 1.40. The van der Waals surface area contributed by atoms with Crippen LogP contribution in [0, 0.1) is 0 Å². The third-order valence-electron chi connectivity index (χ3n) is 2.10. The van der Waals surface area contributed by atoms with E-state index in [-0.39, 0.29) is 21.2 Å². The molecule has 1 aromatic carbocycles. The molecule has 2 aromatic rings. The summed E-state index contributed by atoms with van der Waals surface area (Å²) >= 11 is 0. The van der Waals surface area contributed by atoms with E-state index in [0.717, 1.165) is 0 Å². The summed E-state index contributed by atoms with van der Waals surface area (Å²) in [5.41, 5.74) is -2.16. The van der Waals surface area contributed by atoms with Crippen LogP contribution >= 0.6 is 0 Å². The molecule has 0 atom stereocenters. The minimum absolute atomic E-state index is 0.0434. The maximum atomic E-state index is 11.6. The molecule has 0 aliphatic heterocycles. The van der Waals surface area contributed by atoms with Gasteiger partial charge in [0.05, 0.1) is 10.9 Å². The van der Waals surface area contributed by atoms with Crippen LogP contribution in [0.25, 0.3) is 10.9 Å². The largest absolute Gasteiger partial charge is 0.506 e. The number of H-pyrrole nitrogens is 1. The fraction of sp³-hybridized carbons (Fsp3) is 0. The molecule has 0 saturated carbocycles. The van der Waals surface area contributed by atoms with Crippen LogP contribution < -0.4 is 11.2 Å². The summed E-state index contributed by atoms with van der Waals surface area (Å²) in [5, 5.41) is 18.0. The summed E-state index contributed by atoms with van der Waals surface area (Å²) in [4.78, 5) is 35.6. The Morgan fingerprint density at radius 1 is 1.31 bits per heavy atom. The van der Waals surface area contributed by atoms with Crippen molar-refractivity contribution in [2.24, 2.45) is 0 Å². The number of carbonyl (C=O) groups is 1. The second kappa shape index (κ2) is 3.23. The molecule has 3 N–H and O–H groups in total. The van der Waals surface area contributed by atoms with Gasteiger partial charge >= 0.3 is 11.8 Å². The number of phenolic OH excluding ortho intramolecular Hbond substituents is 1. The van der Waals surface area contributed by atoms with E-state index in [0.29, 0.717) is 0 Å². The highest BCUT2D eigenvalue weighted by Gasteiger charge is 2.14. The molecule has 0 aliphatic carbocycles. The van der Waals surface area contributed by atoms with Gasteiger partial charge in [-0.2, -0.15) is 4.57 Å². The summed E-state index contributed by atoms with van der Waals surface area (Å²) < 4.78 is 0.0434. The lowest BCUT2D eigenvalue weighted by Crippen LogP contribution is -2.39. The molecule has 0 fully saturated rings. The number of aromatic nitrogens is 2. The van der Waals surface area contributed by atoms with E-state index in [4.69, 9.17) is 5.11 Å². The lowest BCUT2D eigenvalue weighted by molar-refractivity contribution is 0.194. The van der Waals surface area contributed by atoms with E-state index in [1.54, 1.807) is 0 Å². The second-order valence-electron chi connectivity index (χ2n) is 3.05. The Labute approximate surface area is 87.2 Å². The molecule has 0 aliphatic rings. The average Bonchev–Trinajstić information content (AvgIpc) is 2.19. The zero-order valence-electron chi connectivity index (χ0n) is 7.80. The number of para-hydroxylation sites is 1. The minimum atomic E-state index is -1.67. The van der Waals surface area contributed by atoms with Gasteiger partial charge in [0.25, 0.3) is 5.56 Å². The highest BCUT2D eigenvalue weighted by atomic mass is 16.4. The number of benzene rings is 1. The summed E-state index contributed by atoms with van der Waals surface area (Å²) in [6, 6.07) is 3.97. The third kappa shape index (κ3) is 1.26. The Balaban J connectivity index is 3.07. The lowest BCUT2D eigenvalue weighted by atomic mass is 10.2. The molecule has 0 unspecified atom stereocenters. The Morgan fingerprint density at radius 3 is 2.62 bits per heavy atom. The standard InChI is InChI=1S/C9H6N2O5/c12-5-3-1-2-4-6(5)10-8(14)11(7(4)13)9(15)16/h1-3,12H,(H,10,14)(H,15,16). The maximum Gasteiger partial charge on any atom is 0.422 e. The van der Waals surface area contributed by atoms with Crippen molar-refractivity contribution in [2.75, 3.05) is 0 Å². The molecular formula is C9H6N2O5. The van der Waals surface area contributed by atoms with Crippen LogP contribution in [0.4, 0.5) is 4.79 Å². The minimum Gasteiger partial charge on any atom is -0.506 e. The van der Waals surface area contributed by atoms with Gasteiger partial charge in [0, 0.05) is 0 Å². The zero-order chi connectivity index (χ0) is 11.9. The van der Waals surface area contributed by atoms with Crippen molar-refractivity contribution in [3.8, 4) is 5.75 Å². The quantitative estimate of drug-likeness (QED) is 0.577. The van der Waals surface area contributed by atoms with Gasteiger partial charge < -0.3 is 15.2 Å². The molecule has 82 valence electrons. The fourth-order valence-corrected chi connectivity index (χ4v) is 1.40. The SMILES string of the molecule is O=C(O)n1c(=O)[nH]c2c(O)cccc2c1=O. The van der Waals surface area contributed by atoms with Gasteiger partial charge in [-0.25, -0.2) is 9.59 Å². The third-order valence-corrected chi connectivity index (χ3v) is 2.10. The number of carboxylic acid groups (broad SMARTS) is 1. The Bertz CT molecular complexity index is 697. The normalized spacial score (nSPS) is 10.5. The van der Waals surface area contributed by atoms with Crippen LogP contribution in [0.1, 0.15) is 0 Å². The Morgan fingerprint density at radius 2 is 2.00 bits per heavy atom. The summed E-state index contributed by atoms with van der Waals surface area (Å²) in [6.45, 7) is 0. The van der Waals surface area contributed by atoms with Crippen molar-refractivity contribution in [3.05, 3.63) is 39.0 Å². The van der Waals surface area contributed by atoms with Gasteiger partial charge in [0.2, 0.25) is 0 Å². The first kappa shape index (κ1) is 9.97. The van der Waals surface area contributed by atoms with E-state index in [1.165, 1.54) is 18.2 Å². The molecule has 7 nitrogen and oxygen atoms in total. The van der Waals surface area contributed by atoms with Gasteiger partial charge in [0.1, 0.15) is 5.75 Å². The highest BCUT2D eigenvalue weighted by molar-refractivity contribution is 5.84. The number of nitrogens with zero attached hydrogens (tertiary/aromatic N) is 1. The van der Waals surface area contributed by atoms with E-state index in [9.17, 15) is 19.5 Å².